The lowest BCUT2D eigenvalue weighted by molar-refractivity contribution is 0.101. The Kier molecular flexibility index (Phi) is 3.90. The molecule has 5 nitrogen and oxygen atoms in total. The largest absolute Gasteiger partial charge is 0.396 e. The number of hydrogen-bond donors (Lipinski definition) is 2. The third kappa shape index (κ3) is 2.48. The quantitative estimate of drug-likeness (QED) is 0.863. The third-order valence-electron chi connectivity index (χ3n) is 3.88. The Hall–Kier alpha value is -2.26. The van der Waals surface area contributed by atoms with Crippen molar-refractivity contribution >= 4 is 33.2 Å². The second-order valence-corrected chi connectivity index (χ2v) is 6.18. The summed E-state index contributed by atoms with van der Waals surface area (Å²) in [6.45, 7) is 0.726. The number of nitrogens with one attached hydrogen (secondary N) is 1. The van der Waals surface area contributed by atoms with Gasteiger partial charge in [0.2, 0.25) is 0 Å². The van der Waals surface area contributed by atoms with Crippen molar-refractivity contribution in [2.75, 3.05) is 11.1 Å². The number of rotatable bonds is 2. The van der Waals surface area contributed by atoms with Gasteiger partial charge in [-0.05, 0) is 43.5 Å². The zero-order chi connectivity index (χ0) is 15.7. The predicted octanol–water partition coefficient (Wildman–Crippen LogP) is 3.29. The summed E-state index contributed by atoms with van der Waals surface area (Å²) in [7, 11) is 0. The number of nitrogens with two attached hydrogens (primary N) is 1. The Bertz CT molecular complexity index is 771. The van der Waals surface area contributed by atoms with Gasteiger partial charge in [-0.1, -0.05) is 15.9 Å². The topological polar surface area (TPSA) is 83.8 Å². The maximum Gasteiger partial charge on any atom is 0.274 e. The number of nitrogens with zero attached hydrogens (tertiary/aromatic N) is 2. The predicted molar refractivity (Wildman–Crippen MR) is 88.6 cm³/mol. The van der Waals surface area contributed by atoms with E-state index < -0.39 is 0 Å². The summed E-state index contributed by atoms with van der Waals surface area (Å²) >= 11 is 3.36. The van der Waals surface area contributed by atoms with Gasteiger partial charge in [-0.25, -0.2) is 0 Å². The molecule has 6 heteroatoms. The fraction of sp³-hybridized carbons (Fsp3) is 0.250. The Morgan fingerprint density at radius 2 is 2.05 bits per heavy atom. The van der Waals surface area contributed by atoms with Crippen LogP contribution in [0.5, 0.6) is 0 Å². The molecule has 1 amide bonds. The number of carbonyl (C=O) groups is 1. The lowest BCUT2D eigenvalue weighted by Crippen LogP contribution is -2.21. The molecule has 0 unspecified atom stereocenters. The first-order valence-corrected chi connectivity index (χ1v) is 7.89. The maximum atomic E-state index is 12.6. The normalized spacial score (nSPS) is 13.3. The highest BCUT2D eigenvalue weighted by Crippen LogP contribution is 2.30. The first-order valence-electron chi connectivity index (χ1n) is 7.09. The minimum absolute atomic E-state index is 0.274. The molecule has 3 N–H and O–H groups in total. The monoisotopic (exact) mass is 358 g/mol. The van der Waals surface area contributed by atoms with Crippen LogP contribution in [0.1, 0.15) is 34.6 Å². The Morgan fingerprint density at radius 3 is 2.73 bits per heavy atom. The van der Waals surface area contributed by atoms with Crippen LogP contribution in [0.4, 0.5) is 11.4 Å². The van der Waals surface area contributed by atoms with Gasteiger partial charge >= 0.3 is 0 Å². The van der Waals surface area contributed by atoms with Crippen molar-refractivity contribution in [2.24, 2.45) is 0 Å². The molecular weight excluding hydrogens is 344 g/mol. The Balaban J connectivity index is 1.97. The minimum atomic E-state index is -0.274. The van der Waals surface area contributed by atoms with E-state index in [0.717, 1.165) is 36.0 Å². The summed E-state index contributed by atoms with van der Waals surface area (Å²) in [6, 6.07) is 9.46. The van der Waals surface area contributed by atoms with Gasteiger partial charge < -0.3 is 15.6 Å². The highest BCUT2D eigenvalue weighted by atomic mass is 79.9. The summed E-state index contributed by atoms with van der Waals surface area (Å²) in [5.41, 5.74) is 8.76. The van der Waals surface area contributed by atoms with E-state index in [4.69, 9.17) is 5.73 Å². The van der Waals surface area contributed by atoms with Crippen molar-refractivity contribution in [1.29, 1.82) is 5.26 Å². The molecule has 1 aromatic heterocycles. The lowest BCUT2D eigenvalue weighted by Gasteiger charge is -2.17. The van der Waals surface area contributed by atoms with Crippen LogP contribution in [0.2, 0.25) is 0 Å². The van der Waals surface area contributed by atoms with Gasteiger partial charge in [-0.15, -0.1) is 0 Å². The molecule has 0 fully saturated rings. The van der Waals surface area contributed by atoms with Crippen molar-refractivity contribution in [3.8, 4) is 6.07 Å². The number of halogens is 1. The molecule has 0 atom stereocenters. The molecule has 0 aliphatic carbocycles. The SMILES string of the molecule is N#Cc1c(N)c(C(=O)Nc2ccc(Br)cc2)n2c1CCCC2. The first-order chi connectivity index (χ1) is 10.6. The highest BCUT2D eigenvalue weighted by Gasteiger charge is 2.27. The average Bonchev–Trinajstić information content (AvgIpc) is 2.81. The average molecular weight is 359 g/mol. The van der Waals surface area contributed by atoms with E-state index in [1.54, 1.807) is 0 Å². The number of anilines is 2. The van der Waals surface area contributed by atoms with E-state index in [9.17, 15) is 10.1 Å². The van der Waals surface area contributed by atoms with Crippen LogP contribution in [0.3, 0.4) is 0 Å². The van der Waals surface area contributed by atoms with E-state index in [-0.39, 0.29) is 11.6 Å². The van der Waals surface area contributed by atoms with Crippen LogP contribution in [0.25, 0.3) is 0 Å². The van der Waals surface area contributed by atoms with E-state index >= 15 is 0 Å². The molecule has 1 aliphatic heterocycles. The van der Waals surface area contributed by atoms with Crippen molar-refractivity contribution in [2.45, 2.75) is 25.8 Å². The number of aromatic nitrogens is 1. The van der Waals surface area contributed by atoms with Gasteiger partial charge in [0.25, 0.3) is 5.91 Å². The highest BCUT2D eigenvalue weighted by molar-refractivity contribution is 9.10. The van der Waals surface area contributed by atoms with E-state index in [1.165, 1.54) is 0 Å². The third-order valence-corrected chi connectivity index (χ3v) is 4.41. The van der Waals surface area contributed by atoms with Crippen molar-refractivity contribution < 1.29 is 4.79 Å². The summed E-state index contributed by atoms with van der Waals surface area (Å²) in [5, 5.41) is 12.2. The molecule has 0 bridgehead atoms. The Morgan fingerprint density at radius 1 is 1.32 bits per heavy atom. The van der Waals surface area contributed by atoms with Gasteiger partial charge in [0, 0.05) is 22.4 Å². The molecule has 1 aliphatic rings. The van der Waals surface area contributed by atoms with E-state index in [0.29, 0.717) is 16.9 Å². The van der Waals surface area contributed by atoms with Crippen LogP contribution in [0.15, 0.2) is 28.7 Å². The van der Waals surface area contributed by atoms with Crippen LogP contribution in [0, 0.1) is 11.3 Å². The zero-order valence-electron chi connectivity index (χ0n) is 11.9. The summed E-state index contributed by atoms with van der Waals surface area (Å²) in [5.74, 6) is -0.274. The molecule has 0 radical (unpaired) electrons. The van der Waals surface area contributed by atoms with Crippen LogP contribution in [-0.4, -0.2) is 10.5 Å². The molecule has 0 saturated carbocycles. The number of fused-ring (bicyclic) bond motifs is 1. The Labute approximate surface area is 136 Å². The van der Waals surface area contributed by atoms with Crippen LogP contribution < -0.4 is 11.1 Å². The van der Waals surface area contributed by atoms with Crippen molar-refractivity contribution in [3.63, 3.8) is 0 Å². The molecule has 2 aromatic rings. The second-order valence-electron chi connectivity index (χ2n) is 5.27. The first kappa shape index (κ1) is 14.7. The lowest BCUT2D eigenvalue weighted by atomic mass is 10.1. The van der Waals surface area contributed by atoms with Crippen molar-refractivity contribution in [1.82, 2.24) is 4.57 Å². The number of nitrogen functional groups attached to an aromatic ring is 1. The van der Waals surface area contributed by atoms with Gasteiger partial charge in [-0.3, -0.25) is 4.79 Å². The summed E-state index contributed by atoms with van der Waals surface area (Å²) in [6.07, 6.45) is 2.80. The van der Waals surface area contributed by atoms with Gasteiger partial charge in [-0.2, -0.15) is 5.26 Å². The van der Waals surface area contributed by atoms with Gasteiger partial charge in [0.1, 0.15) is 11.8 Å². The van der Waals surface area contributed by atoms with E-state index in [2.05, 4.69) is 27.3 Å². The molecule has 1 aromatic carbocycles. The van der Waals surface area contributed by atoms with E-state index in [1.807, 2.05) is 28.8 Å². The zero-order valence-corrected chi connectivity index (χ0v) is 13.5. The van der Waals surface area contributed by atoms with Crippen LogP contribution in [-0.2, 0) is 13.0 Å². The standard InChI is InChI=1S/C16H15BrN4O/c17-10-4-6-11(7-5-10)20-16(22)15-14(19)12(9-18)13-3-1-2-8-21(13)15/h4-7H,1-3,8,19H2,(H,20,22). The maximum absolute atomic E-state index is 12.6. The van der Waals surface area contributed by atoms with Crippen LogP contribution >= 0.6 is 15.9 Å². The second kappa shape index (κ2) is 5.85. The molecule has 112 valence electrons. The fourth-order valence-electron chi connectivity index (χ4n) is 2.85. The fourth-order valence-corrected chi connectivity index (χ4v) is 3.12. The smallest absolute Gasteiger partial charge is 0.274 e. The van der Waals surface area contributed by atoms with Crippen molar-refractivity contribution in [3.05, 3.63) is 45.7 Å². The van der Waals surface area contributed by atoms with Gasteiger partial charge in [0.05, 0.1) is 11.3 Å². The summed E-state index contributed by atoms with van der Waals surface area (Å²) < 4.78 is 2.84. The van der Waals surface area contributed by atoms with Gasteiger partial charge in [0.15, 0.2) is 0 Å². The summed E-state index contributed by atoms with van der Waals surface area (Å²) in [4.78, 5) is 12.6. The molecular formula is C16H15BrN4O. The molecule has 0 spiro atoms. The minimum Gasteiger partial charge on any atom is -0.396 e. The number of carbonyl (C=O) groups excluding carboxylic acids is 1. The number of benzene rings is 1. The number of nitriles is 1. The number of hydrogen-bond acceptors (Lipinski definition) is 3. The molecule has 22 heavy (non-hydrogen) atoms. The molecule has 2 heterocycles. The molecule has 3 rings (SSSR count). The molecule has 0 saturated heterocycles. The number of amides is 1.